The zero-order chi connectivity index (χ0) is 16.9. The van der Waals surface area contributed by atoms with E-state index < -0.39 is 0 Å². The van der Waals surface area contributed by atoms with Crippen molar-refractivity contribution in [3.8, 4) is 5.69 Å². The molecule has 1 N–H and O–H groups in total. The van der Waals surface area contributed by atoms with Gasteiger partial charge in [0, 0.05) is 23.6 Å². The lowest BCUT2D eigenvalue weighted by Gasteiger charge is -2.22. The lowest BCUT2D eigenvalue weighted by molar-refractivity contribution is 0.0918. The van der Waals surface area contributed by atoms with Crippen LogP contribution in [0.5, 0.6) is 0 Å². The Balaban J connectivity index is 1.68. The normalized spacial score (nSPS) is 12.3. The standard InChI is InChI=1S/C18H21N5O/c1-14(2)17(13-23-19-9-10-20-23)21-18(24)15-5-7-16(8-6-15)22-11-3-4-12-22/h3-12,14,17H,13H2,1-2H3,(H,21,24). The summed E-state index contributed by atoms with van der Waals surface area (Å²) < 4.78 is 2.00. The molecule has 24 heavy (non-hydrogen) atoms. The van der Waals surface area contributed by atoms with Crippen LogP contribution in [0.2, 0.25) is 0 Å². The summed E-state index contributed by atoms with van der Waals surface area (Å²) in [5.41, 5.74) is 1.67. The van der Waals surface area contributed by atoms with E-state index in [2.05, 4.69) is 29.4 Å². The van der Waals surface area contributed by atoms with Crippen molar-refractivity contribution in [3.63, 3.8) is 0 Å². The van der Waals surface area contributed by atoms with Crippen LogP contribution in [0, 0.1) is 5.92 Å². The monoisotopic (exact) mass is 323 g/mol. The Hall–Kier alpha value is -2.89. The maximum absolute atomic E-state index is 12.5. The van der Waals surface area contributed by atoms with Gasteiger partial charge in [-0.25, -0.2) is 0 Å². The molecule has 0 aliphatic rings. The van der Waals surface area contributed by atoms with Gasteiger partial charge in [-0.05, 0) is 42.3 Å². The van der Waals surface area contributed by atoms with Gasteiger partial charge in [-0.1, -0.05) is 13.8 Å². The third-order valence-corrected chi connectivity index (χ3v) is 3.98. The minimum Gasteiger partial charge on any atom is -0.347 e. The van der Waals surface area contributed by atoms with E-state index in [0.717, 1.165) is 5.69 Å². The Morgan fingerprint density at radius 2 is 1.71 bits per heavy atom. The minimum absolute atomic E-state index is 0.0333. The van der Waals surface area contributed by atoms with Crippen LogP contribution in [0.15, 0.2) is 61.2 Å². The van der Waals surface area contributed by atoms with E-state index in [1.165, 1.54) is 0 Å². The van der Waals surface area contributed by atoms with Crippen molar-refractivity contribution >= 4 is 5.91 Å². The lowest BCUT2D eigenvalue weighted by Crippen LogP contribution is -2.42. The number of carbonyl (C=O) groups excluding carboxylic acids is 1. The largest absolute Gasteiger partial charge is 0.347 e. The predicted octanol–water partition coefficient (Wildman–Crippen LogP) is 2.52. The zero-order valence-corrected chi connectivity index (χ0v) is 13.8. The molecule has 2 heterocycles. The SMILES string of the molecule is CC(C)C(Cn1nccn1)NC(=O)c1ccc(-n2cccc2)cc1. The number of rotatable bonds is 6. The Labute approximate surface area is 141 Å². The minimum atomic E-state index is -0.0834. The van der Waals surface area contributed by atoms with Crippen molar-refractivity contribution in [1.29, 1.82) is 0 Å². The molecule has 0 spiro atoms. The predicted molar refractivity (Wildman–Crippen MR) is 91.9 cm³/mol. The van der Waals surface area contributed by atoms with E-state index >= 15 is 0 Å². The Kier molecular flexibility index (Phi) is 4.74. The molecular formula is C18H21N5O. The average molecular weight is 323 g/mol. The fourth-order valence-electron chi connectivity index (χ4n) is 2.48. The molecule has 0 fully saturated rings. The summed E-state index contributed by atoms with van der Waals surface area (Å²) in [7, 11) is 0. The second kappa shape index (κ2) is 7.12. The first kappa shape index (κ1) is 16.0. The van der Waals surface area contributed by atoms with Crippen LogP contribution in [0.1, 0.15) is 24.2 Å². The van der Waals surface area contributed by atoms with Gasteiger partial charge in [0.05, 0.1) is 25.0 Å². The third-order valence-electron chi connectivity index (χ3n) is 3.98. The highest BCUT2D eigenvalue weighted by atomic mass is 16.1. The molecule has 1 atom stereocenters. The number of benzene rings is 1. The van der Waals surface area contributed by atoms with Crippen molar-refractivity contribution in [2.24, 2.45) is 5.92 Å². The summed E-state index contributed by atoms with van der Waals surface area (Å²) in [6, 6.07) is 11.5. The van der Waals surface area contributed by atoms with Crippen molar-refractivity contribution in [1.82, 2.24) is 24.9 Å². The quantitative estimate of drug-likeness (QED) is 0.758. The molecule has 0 radical (unpaired) electrons. The summed E-state index contributed by atoms with van der Waals surface area (Å²) in [6.45, 7) is 4.70. The van der Waals surface area contributed by atoms with Gasteiger partial charge in [-0.15, -0.1) is 0 Å². The smallest absolute Gasteiger partial charge is 0.251 e. The molecule has 6 nitrogen and oxygen atoms in total. The molecule has 124 valence electrons. The number of nitrogens with zero attached hydrogens (tertiary/aromatic N) is 4. The molecule has 0 bridgehead atoms. The van der Waals surface area contributed by atoms with E-state index in [9.17, 15) is 4.79 Å². The summed E-state index contributed by atoms with van der Waals surface area (Å²) in [6.07, 6.45) is 7.22. The van der Waals surface area contributed by atoms with Gasteiger partial charge >= 0.3 is 0 Å². The topological polar surface area (TPSA) is 64.7 Å². The molecular weight excluding hydrogens is 302 g/mol. The average Bonchev–Trinajstić information content (AvgIpc) is 3.28. The first-order valence-electron chi connectivity index (χ1n) is 8.02. The number of hydrogen-bond donors (Lipinski definition) is 1. The van der Waals surface area contributed by atoms with Crippen LogP contribution < -0.4 is 5.32 Å². The fraction of sp³-hybridized carbons (Fsp3) is 0.278. The van der Waals surface area contributed by atoms with Gasteiger partial charge in [0.1, 0.15) is 0 Å². The Morgan fingerprint density at radius 1 is 1.08 bits per heavy atom. The number of nitrogens with one attached hydrogen (secondary N) is 1. The van der Waals surface area contributed by atoms with E-state index in [4.69, 9.17) is 0 Å². The lowest BCUT2D eigenvalue weighted by atomic mass is 10.0. The molecule has 0 saturated heterocycles. The molecule has 0 aliphatic heterocycles. The summed E-state index contributed by atoms with van der Waals surface area (Å²) >= 11 is 0. The maximum atomic E-state index is 12.5. The third kappa shape index (κ3) is 3.71. The van der Waals surface area contributed by atoms with Crippen molar-refractivity contribution < 1.29 is 4.79 Å². The Bertz CT molecular complexity index is 760. The summed E-state index contributed by atoms with van der Waals surface area (Å²) in [4.78, 5) is 14.1. The highest BCUT2D eigenvalue weighted by Crippen LogP contribution is 2.11. The Morgan fingerprint density at radius 3 is 2.29 bits per heavy atom. The van der Waals surface area contributed by atoms with Gasteiger partial charge in [0.2, 0.25) is 0 Å². The highest BCUT2D eigenvalue weighted by molar-refractivity contribution is 5.94. The first-order chi connectivity index (χ1) is 11.6. The van der Waals surface area contributed by atoms with Crippen LogP contribution in [-0.4, -0.2) is 31.5 Å². The van der Waals surface area contributed by atoms with Crippen molar-refractivity contribution in [2.45, 2.75) is 26.4 Å². The number of hydrogen-bond acceptors (Lipinski definition) is 3. The van der Waals surface area contributed by atoms with E-state index in [1.54, 1.807) is 17.2 Å². The molecule has 0 aliphatic carbocycles. The maximum Gasteiger partial charge on any atom is 0.251 e. The van der Waals surface area contributed by atoms with Crippen LogP contribution in [0.4, 0.5) is 0 Å². The molecule has 6 heteroatoms. The highest BCUT2D eigenvalue weighted by Gasteiger charge is 2.18. The summed E-state index contributed by atoms with van der Waals surface area (Å²) in [5.74, 6) is 0.194. The molecule has 2 aromatic heterocycles. The second-order valence-corrected chi connectivity index (χ2v) is 6.05. The number of aromatic nitrogens is 4. The van der Waals surface area contributed by atoms with Gasteiger partial charge in [0.15, 0.2) is 0 Å². The van der Waals surface area contributed by atoms with Crippen molar-refractivity contribution in [3.05, 3.63) is 66.7 Å². The van der Waals surface area contributed by atoms with Crippen LogP contribution in [0.3, 0.4) is 0 Å². The summed E-state index contributed by atoms with van der Waals surface area (Å²) in [5, 5.41) is 11.3. The number of amides is 1. The van der Waals surface area contributed by atoms with E-state index in [0.29, 0.717) is 12.1 Å². The molecule has 1 aromatic carbocycles. The van der Waals surface area contributed by atoms with Gasteiger partial charge in [0.25, 0.3) is 5.91 Å². The first-order valence-corrected chi connectivity index (χ1v) is 8.02. The zero-order valence-electron chi connectivity index (χ0n) is 13.8. The van der Waals surface area contributed by atoms with Gasteiger partial charge in [-0.3, -0.25) is 4.79 Å². The molecule has 1 amide bonds. The van der Waals surface area contributed by atoms with Crippen LogP contribution in [0.25, 0.3) is 5.69 Å². The molecule has 0 saturated carbocycles. The molecule has 3 aromatic rings. The van der Waals surface area contributed by atoms with Crippen LogP contribution in [-0.2, 0) is 6.54 Å². The van der Waals surface area contributed by atoms with Gasteiger partial charge in [-0.2, -0.15) is 15.0 Å². The van der Waals surface area contributed by atoms with E-state index in [-0.39, 0.29) is 17.9 Å². The van der Waals surface area contributed by atoms with Crippen molar-refractivity contribution in [2.75, 3.05) is 0 Å². The van der Waals surface area contributed by atoms with Crippen LogP contribution >= 0.6 is 0 Å². The molecule has 3 rings (SSSR count). The van der Waals surface area contributed by atoms with E-state index in [1.807, 2.05) is 53.4 Å². The number of carbonyl (C=O) groups is 1. The van der Waals surface area contributed by atoms with Gasteiger partial charge < -0.3 is 9.88 Å². The second-order valence-electron chi connectivity index (χ2n) is 6.05. The molecule has 1 unspecified atom stereocenters. The fourth-order valence-corrected chi connectivity index (χ4v) is 2.48.